The van der Waals surface area contributed by atoms with Gasteiger partial charge in [0.05, 0.1) is 33.2 Å². The highest BCUT2D eigenvalue weighted by Gasteiger charge is 2.12. The van der Waals surface area contributed by atoms with Crippen molar-refractivity contribution in [2.75, 3.05) is 26.8 Å². The Morgan fingerprint density at radius 1 is 1.14 bits per heavy atom. The fraction of sp³-hybridized carbons (Fsp3) is 0.286. The van der Waals surface area contributed by atoms with Gasteiger partial charge in [0.1, 0.15) is 0 Å². The molecule has 0 aliphatic rings. The molecular weight excluding hydrogens is 290 g/mol. The third-order valence-electron chi connectivity index (χ3n) is 2.68. The monoisotopic (exact) mass is 307 g/mol. The molecule has 1 heterocycles. The van der Waals surface area contributed by atoms with Gasteiger partial charge >= 0.3 is 0 Å². The molecule has 1 aromatic carbocycles. The molecule has 0 amide bonds. The number of benzene rings is 1. The molecule has 0 aliphatic heterocycles. The summed E-state index contributed by atoms with van der Waals surface area (Å²) in [6, 6.07) is 3.64. The van der Waals surface area contributed by atoms with E-state index < -0.39 is 0 Å². The lowest BCUT2D eigenvalue weighted by atomic mass is 10.2. The summed E-state index contributed by atoms with van der Waals surface area (Å²) in [7, 11) is 4.73. The minimum absolute atomic E-state index is 0.556. The van der Waals surface area contributed by atoms with E-state index in [1.165, 1.54) is 11.3 Å². The summed E-state index contributed by atoms with van der Waals surface area (Å²) >= 11 is 1.50. The van der Waals surface area contributed by atoms with E-state index in [2.05, 4.69) is 15.5 Å². The number of nitrogens with one attached hydrogen (secondary N) is 1. The second-order valence-corrected chi connectivity index (χ2v) is 4.98. The summed E-state index contributed by atoms with van der Waals surface area (Å²) in [6.07, 6.45) is 1.67. The molecule has 2 rings (SSSR count). The summed E-state index contributed by atoms with van der Waals surface area (Å²) in [6.45, 7) is 1.94. The number of hydrogen-bond acceptors (Lipinski definition) is 7. The van der Waals surface area contributed by atoms with Crippen LogP contribution in [0.3, 0.4) is 0 Å². The highest BCUT2D eigenvalue weighted by atomic mass is 32.1. The van der Waals surface area contributed by atoms with Crippen molar-refractivity contribution in [1.29, 1.82) is 0 Å². The Hall–Kier alpha value is -2.28. The summed E-state index contributed by atoms with van der Waals surface area (Å²) < 4.78 is 15.9. The number of anilines is 1. The number of aromatic nitrogens is 1. The second-order valence-electron chi connectivity index (χ2n) is 4.12. The number of aryl methyl sites for hydroxylation is 1. The van der Waals surface area contributed by atoms with Crippen LogP contribution < -0.4 is 19.6 Å². The Balaban J connectivity index is 2.19. The molecule has 6 nitrogen and oxygen atoms in total. The number of hydrogen-bond donors (Lipinski definition) is 1. The number of thiazole rings is 1. The highest BCUT2D eigenvalue weighted by molar-refractivity contribution is 7.13. The van der Waals surface area contributed by atoms with E-state index in [1.54, 1.807) is 27.5 Å². The molecule has 112 valence electrons. The Kier molecular flexibility index (Phi) is 4.99. The molecule has 7 heteroatoms. The quantitative estimate of drug-likeness (QED) is 0.656. The van der Waals surface area contributed by atoms with Crippen LogP contribution in [-0.2, 0) is 0 Å². The van der Waals surface area contributed by atoms with Crippen molar-refractivity contribution in [1.82, 2.24) is 4.98 Å². The van der Waals surface area contributed by atoms with Crippen LogP contribution in [0.2, 0.25) is 0 Å². The van der Waals surface area contributed by atoms with Crippen LogP contribution in [0.5, 0.6) is 17.2 Å². The maximum Gasteiger partial charge on any atom is 0.203 e. The molecule has 0 aliphatic carbocycles. The van der Waals surface area contributed by atoms with Gasteiger partial charge in [0, 0.05) is 10.9 Å². The van der Waals surface area contributed by atoms with Gasteiger partial charge in [0.15, 0.2) is 11.5 Å². The number of nitrogens with zero attached hydrogens (tertiary/aromatic N) is 2. The van der Waals surface area contributed by atoms with Gasteiger partial charge in [-0.3, -0.25) is 5.43 Å². The maximum atomic E-state index is 5.29. The van der Waals surface area contributed by atoms with Crippen LogP contribution in [0.15, 0.2) is 22.6 Å². The smallest absolute Gasteiger partial charge is 0.203 e. The fourth-order valence-corrected chi connectivity index (χ4v) is 2.38. The standard InChI is InChI=1S/C14H17N3O3S/c1-9-8-21-14(16-9)17-15-7-10-5-11(18-2)13(20-4)12(6-10)19-3/h5-8H,1-4H3,(H,16,17)/b15-7+. The van der Waals surface area contributed by atoms with Crippen LogP contribution in [-0.4, -0.2) is 32.5 Å². The molecule has 0 saturated heterocycles. The molecule has 0 spiro atoms. The van der Waals surface area contributed by atoms with Gasteiger partial charge in [0.2, 0.25) is 10.9 Å². The molecule has 2 aromatic rings. The van der Waals surface area contributed by atoms with Gasteiger partial charge in [-0.1, -0.05) is 0 Å². The van der Waals surface area contributed by atoms with Crippen molar-refractivity contribution in [3.8, 4) is 17.2 Å². The maximum absolute atomic E-state index is 5.29. The first-order valence-corrected chi connectivity index (χ1v) is 7.07. The molecule has 1 aromatic heterocycles. The lowest BCUT2D eigenvalue weighted by Gasteiger charge is -2.12. The van der Waals surface area contributed by atoms with E-state index in [0.717, 1.165) is 16.4 Å². The first-order chi connectivity index (χ1) is 10.2. The minimum atomic E-state index is 0.556. The van der Waals surface area contributed by atoms with Crippen molar-refractivity contribution in [2.45, 2.75) is 6.92 Å². The molecule has 0 bridgehead atoms. The molecule has 0 fully saturated rings. The molecular formula is C14H17N3O3S. The van der Waals surface area contributed by atoms with Crippen molar-refractivity contribution in [3.63, 3.8) is 0 Å². The summed E-state index contributed by atoms with van der Waals surface area (Å²) in [5.41, 5.74) is 4.67. The van der Waals surface area contributed by atoms with Crippen LogP contribution in [0, 0.1) is 6.92 Å². The van der Waals surface area contributed by atoms with Crippen molar-refractivity contribution < 1.29 is 14.2 Å². The Morgan fingerprint density at radius 2 is 1.81 bits per heavy atom. The molecule has 0 radical (unpaired) electrons. The van der Waals surface area contributed by atoms with E-state index >= 15 is 0 Å². The topological polar surface area (TPSA) is 65.0 Å². The van der Waals surface area contributed by atoms with Gasteiger partial charge in [-0.05, 0) is 19.1 Å². The van der Waals surface area contributed by atoms with Crippen LogP contribution >= 0.6 is 11.3 Å². The van der Waals surface area contributed by atoms with Crippen molar-refractivity contribution in [2.24, 2.45) is 5.10 Å². The van der Waals surface area contributed by atoms with Crippen molar-refractivity contribution >= 4 is 22.7 Å². The molecule has 0 saturated carbocycles. The van der Waals surface area contributed by atoms with Gasteiger partial charge in [-0.2, -0.15) is 5.10 Å². The molecule has 1 N–H and O–H groups in total. The predicted octanol–water partition coefficient (Wildman–Crippen LogP) is 2.92. The molecule has 0 atom stereocenters. The average Bonchev–Trinajstić information content (AvgIpc) is 2.91. The summed E-state index contributed by atoms with van der Waals surface area (Å²) in [4.78, 5) is 4.26. The third kappa shape index (κ3) is 3.63. The zero-order valence-electron chi connectivity index (χ0n) is 12.3. The number of ether oxygens (including phenoxy) is 3. The largest absolute Gasteiger partial charge is 0.493 e. The lowest BCUT2D eigenvalue weighted by molar-refractivity contribution is 0.324. The normalized spacial score (nSPS) is 10.7. The minimum Gasteiger partial charge on any atom is -0.493 e. The Morgan fingerprint density at radius 3 is 2.29 bits per heavy atom. The van der Waals surface area contributed by atoms with Gasteiger partial charge in [-0.15, -0.1) is 11.3 Å². The summed E-state index contributed by atoms with van der Waals surface area (Å²) in [5, 5.41) is 6.85. The van der Waals surface area contributed by atoms with Gasteiger partial charge < -0.3 is 14.2 Å². The van der Waals surface area contributed by atoms with Gasteiger partial charge in [0.25, 0.3) is 0 Å². The van der Waals surface area contributed by atoms with E-state index in [9.17, 15) is 0 Å². The van der Waals surface area contributed by atoms with Crippen LogP contribution in [0.4, 0.5) is 5.13 Å². The Labute approximate surface area is 127 Å². The first-order valence-electron chi connectivity index (χ1n) is 6.19. The first kappa shape index (κ1) is 15.1. The van der Waals surface area contributed by atoms with E-state index in [1.807, 2.05) is 24.4 Å². The lowest BCUT2D eigenvalue weighted by Crippen LogP contribution is -1.97. The number of hydrazone groups is 1. The van der Waals surface area contributed by atoms with E-state index in [4.69, 9.17) is 14.2 Å². The average molecular weight is 307 g/mol. The van der Waals surface area contributed by atoms with Crippen LogP contribution in [0.25, 0.3) is 0 Å². The van der Waals surface area contributed by atoms with Crippen molar-refractivity contribution in [3.05, 3.63) is 28.8 Å². The van der Waals surface area contributed by atoms with E-state index in [0.29, 0.717) is 17.2 Å². The van der Waals surface area contributed by atoms with Crippen LogP contribution in [0.1, 0.15) is 11.3 Å². The molecule has 0 unspecified atom stereocenters. The predicted molar refractivity (Wildman–Crippen MR) is 84.2 cm³/mol. The molecule has 21 heavy (non-hydrogen) atoms. The zero-order chi connectivity index (χ0) is 15.2. The zero-order valence-corrected chi connectivity index (χ0v) is 13.2. The number of rotatable bonds is 6. The second kappa shape index (κ2) is 6.94. The number of methoxy groups -OCH3 is 3. The highest BCUT2D eigenvalue weighted by Crippen LogP contribution is 2.37. The Bertz CT molecular complexity index is 615. The third-order valence-corrected chi connectivity index (χ3v) is 3.54. The van der Waals surface area contributed by atoms with E-state index in [-0.39, 0.29) is 0 Å². The summed E-state index contributed by atoms with van der Waals surface area (Å²) in [5.74, 6) is 1.73. The fourth-order valence-electron chi connectivity index (χ4n) is 1.74. The SMILES string of the molecule is COc1cc(/C=N/Nc2nc(C)cs2)cc(OC)c1OC. The van der Waals surface area contributed by atoms with Gasteiger partial charge in [-0.25, -0.2) is 4.98 Å².